The van der Waals surface area contributed by atoms with Crippen molar-refractivity contribution >= 4 is 16.2 Å². The molecule has 0 aromatic rings. The van der Waals surface area contributed by atoms with Crippen LogP contribution in [0.4, 0.5) is 12.7 Å². The van der Waals surface area contributed by atoms with E-state index in [1.807, 2.05) is 0 Å². The molecule has 0 amide bonds. The maximum Gasteiger partial charge on any atom is 0.330 e. The fourth-order valence-electron chi connectivity index (χ4n) is 0.351. The van der Waals surface area contributed by atoms with Crippen LogP contribution in [0.15, 0.2) is 0 Å². The first-order chi connectivity index (χ1) is 4.76. The van der Waals surface area contributed by atoms with Crippen molar-refractivity contribution < 1.29 is 31.0 Å². The van der Waals surface area contributed by atoms with Gasteiger partial charge in [-0.15, -0.1) is 3.89 Å². The lowest BCUT2D eigenvalue weighted by molar-refractivity contribution is -0.139. The average molecular weight is 192 g/mol. The van der Waals surface area contributed by atoms with E-state index in [0.717, 1.165) is 0 Å². The molecule has 0 aromatic heterocycles. The summed E-state index contributed by atoms with van der Waals surface area (Å²) >= 11 is 0. The Morgan fingerprint density at radius 3 is 1.73 bits per heavy atom. The van der Waals surface area contributed by atoms with E-state index in [2.05, 4.69) is 0 Å². The largest absolute Gasteiger partial charge is 0.480 e. The van der Waals surface area contributed by atoms with Crippen molar-refractivity contribution in [3.05, 3.63) is 0 Å². The maximum absolute atomic E-state index is 11.7. The van der Waals surface area contributed by atoms with Crippen LogP contribution in [0.2, 0.25) is 0 Å². The zero-order valence-corrected chi connectivity index (χ0v) is 5.69. The summed E-state index contributed by atoms with van der Waals surface area (Å²) in [6.45, 7) is 0. The molecule has 0 rings (SSSR count). The maximum atomic E-state index is 11.7. The molecule has 0 aromatic carbocycles. The highest BCUT2D eigenvalue weighted by Crippen LogP contribution is 2.13. The van der Waals surface area contributed by atoms with Gasteiger partial charge in [0.2, 0.25) is 5.25 Å². The summed E-state index contributed by atoms with van der Waals surface area (Å²) in [6.07, 6.45) is -3.76. The molecule has 0 aliphatic carbocycles. The van der Waals surface area contributed by atoms with E-state index in [-0.39, 0.29) is 0 Å². The van der Waals surface area contributed by atoms with Crippen LogP contribution < -0.4 is 0 Å². The molecule has 8 heteroatoms. The molecule has 0 spiro atoms. The third kappa shape index (κ3) is 2.74. The van der Waals surface area contributed by atoms with Gasteiger partial charge >= 0.3 is 16.2 Å². The van der Waals surface area contributed by atoms with Crippen LogP contribution in [0.1, 0.15) is 0 Å². The normalized spacial score (nSPS) is 14.9. The number of carbonyl (C=O) groups is 1. The lowest BCUT2D eigenvalue weighted by atomic mass is 10.4. The Morgan fingerprint density at radius 1 is 1.36 bits per heavy atom. The predicted molar refractivity (Wildman–Crippen MR) is 27.5 cm³/mol. The number of halogens is 3. The second kappa shape index (κ2) is 3.07. The van der Waals surface area contributed by atoms with Gasteiger partial charge in [0.25, 0.3) is 6.43 Å². The zero-order valence-electron chi connectivity index (χ0n) is 4.87. The molecular weight excluding hydrogens is 189 g/mol. The molecule has 0 bridgehead atoms. The lowest BCUT2D eigenvalue weighted by Gasteiger charge is -2.04. The summed E-state index contributed by atoms with van der Waals surface area (Å²) in [6, 6.07) is 0. The summed E-state index contributed by atoms with van der Waals surface area (Å²) in [4.78, 5) is 9.69. The van der Waals surface area contributed by atoms with E-state index in [1.165, 1.54) is 0 Å². The number of rotatable bonds is 3. The molecule has 0 heterocycles. The topological polar surface area (TPSA) is 71.4 Å². The molecule has 11 heavy (non-hydrogen) atoms. The third-order valence-electron chi connectivity index (χ3n) is 0.776. The Hall–Kier alpha value is -0.790. The van der Waals surface area contributed by atoms with Crippen LogP contribution in [0, 0.1) is 0 Å². The van der Waals surface area contributed by atoms with E-state index in [9.17, 15) is 25.9 Å². The summed E-state index contributed by atoms with van der Waals surface area (Å²) in [5.74, 6) is -2.40. The monoisotopic (exact) mass is 192 g/mol. The second-order valence-corrected chi connectivity index (χ2v) is 3.03. The first-order valence-corrected chi connectivity index (χ1v) is 3.66. The van der Waals surface area contributed by atoms with Gasteiger partial charge in [-0.3, -0.25) is 4.79 Å². The average Bonchev–Trinajstić information content (AvgIpc) is 1.54. The number of carboxylic acids is 1. The van der Waals surface area contributed by atoms with Crippen molar-refractivity contribution in [2.45, 2.75) is 11.7 Å². The number of alkyl halides is 2. The molecule has 1 unspecified atom stereocenters. The molecule has 0 aliphatic heterocycles. The molecular formula is C3H3F3O4S. The standard InChI is InChI=1S/C3H3F3O4S/c4-2(5)1(3(7)8)11(6,9)10/h1-2H,(H,7,8). The molecule has 4 nitrogen and oxygen atoms in total. The molecule has 0 saturated carbocycles. The van der Waals surface area contributed by atoms with Crippen LogP contribution in [-0.2, 0) is 15.0 Å². The number of hydrogen-bond donors (Lipinski definition) is 1. The van der Waals surface area contributed by atoms with E-state index >= 15 is 0 Å². The fraction of sp³-hybridized carbons (Fsp3) is 0.667. The van der Waals surface area contributed by atoms with Crippen molar-refractivity contribution in [3.8, 4) is 0 Å². The predicted octanol–water partition coefficient (Wildman–Crippen LogP) is 0.00400. The van der Waals surface area contributed by atoms with E-state index in [0.29, 0.717) is 0 Å². The first-order valence-electron chi connectivity index (χ1n) is 2.21. The van der Waals surface area contributed by atoms with Gasteiger partial charge in [-0.05, 0) is 0 Å². The number of aliphatic carboxylic acids is 1. The second-order valence-electron chi connectivity index (χ2n) is 1.57. The van der Waals surface area contributed by atoms with Crippen molar-refractivity contribution in [3.63, 3.8) is 0 Å². The van der Waals surface area contributed by atoms with Crippen LogP contribution >= 0.6 is 0 Å². The molecule has 0 radical (unpaired) electrons. The minimum absolute atomic E-state index is 2.40. The minimum atomic E-state index is -5.71. The molecule has 66 valence electrons. The van der Waals surface area contributed by atoms with E-state index in [4.69, 9.17) is 5.11 Å². The third-order valence-corrected chi connectivity index (χ3v) is 1.79. The highest BCUT2D eigenvalue weighted by Gasteiger charge is 2.41. The fourth-order valence-corrected chi connectivity index (χ4v) is 0.838. The highest BCUT2D eigenvalue weighted by molar-refractivity contribution is 7.87. The van der Waals surface area contributed by atoms with Gasteiger partial charge in [0.05, 0.1) is 0 Å². The minimum Gasteiger partial charge on any atom is -0.480 e. The molecule has 0 saturated heterocycles. The first kappa shape index (κ1) is 10.2. The number of carboxylic acid groups (broad SMARTS) is 1. The summed E-state index contributed by atoms with van der Waals surface area (Å²) in [5, 5.41) is 4.50. The molecule has 0 aliphatic rings. The van der Waals surface area contributed by atoms with Crippen molar-refractivity contribution in [1.82, 2.24) is 0 Å². The quantitative estimate of drug-likeness (QED) is 0.639. The van der Waals surface area contributed by atoms with Gasteiger partial charge in [0.1, 0.15) is 0 Å². The Kier molecular flexibility index (Phi) is 2.85. The van der Waals surface area contributed by atoms with Gasteiger partial charge < -0.3 is 5.11 Å². The van der Waals surface area contributed by atoms with Crippen molar-refractivity contribution in [1.29, 1.82) is 0 Å². The van der Waals surface area contributed by atoms with Gasteiger partial charge in [-0.1, -0.05) is 0 Å². The summed E-state index contributed by atoms with van der Waals surface area (Å²) < 4.78 is 53.9. The van der Waals surface area contributed by atoms with Crippen LogP contribution in [-0.4, -0.2) is 31.2 Å². The Labute approximate surface area is 59.8 Å². The van der Waals surface area contributed by atoms with Gasteiger partial charge in [-0.2, -0.15) is 8.42 Å². The van der Waals surface area contributed by atoms with Crippen LogP contribution in [0.3, 0.4) is 0 Å². The van der Waals surface area contributed by atoms with E-state index in [1.54, 1.807) is 0 Å². The molecule has 1 atom stereocenters. The zero-order chi connectivity index (χ0) is 9.23. The van der Waals surface area contributed by atoms with Crippen molar-refractivity contribution in [2.75, 3.05) is 0 Å². The Bertz CT molecular complexity index is 245. The molecule has 1 N–H and O–H groups in total. The van der Waals surface area contributed by atoms with Crippen molar-refractivity contribution in [2.24, 2.45) is 0 Å². The summed E-state index contributed by atoms with van der Waals surface area (Å²) in [7, 11) is -5.71. The molecule has 0 fully saturated rings. The Balaban J connectivity index is 4.79. The Morgan fingerprint density at radius 2 is 1.73 bits per heavy atom. The smallest absolute Gasteiger partial charge is 0.330 e. The SMILES string of the molecule is O=C(O)C(C(F)F)S(=O)(=O)F. The van der Waals surface area contributed by atoms with Gasteiger partial charge in [0, 0.05) is 0 Å². The van der Waals surface area contributed by atoms with E-state index < -0.39 is 27.9 Å². The van der Waals surface area contributed by atoms with Crippen LogP contribution in [0.5, 0.6) is 0 Å². The van der Waals surface area contributed by atoms with Gasteiger partial charge in [-0.25, -0.2) is 8.78 Å². The van der Waals surface area contributed by atoms with Crippen LogP contribution in [0.25, 0.3) is 0 Å². The van der Waals surface area contributed by atoms with Gasteiger partial charge in [0.15, 0.2) is 0 Å². The lowest BCUT2D eigenvalue weighted by Crippen LogP contribution is -2.34. The number of hydrogen-bond acceptors (Lipinski definition) is 3. The summed E-state index contributed by atoms with van der Waals surface area (Å²) in [5.41, 5.74) is 0. The highest BCUT2D eigenvalue weighted by atomic mass is 32.3.